The zero-order valence-electron chi connectivity index (χ0n) is 30.1. The minimum absolute atomic E-state index is 0.929. The first-order valence-corrected chi connectivity index (χ1v) is 18.4. The fourth-order valence-corrected chi connectivity index (χ4v) is 6.79. The van der Waals surface area contributed by atoms with Gasteiger partial charge in [-0.05, 0) is 122 Å². The van der Waals surface area contributed by atoms with E-state index in [1.807, 2.05) is 18.6 Å². The molecular formula is C51H36N4. The first-order valence-electron chi connectivity index (χ1n) is 18.4. The van der Waals surface area contributed by atoms with Crippen molar-refractivity contribution in [2.75, 3.05) is 4.90 Å². The molecule has 9 aromatic carbocycles. The summed E-state index contributed by atoms with van der Waals surface area (Å²) < 4.78 is 0. The van der Waals surface area contributed by atoms with Crippen molar-refractivity contribution in [3.8, 4) is 0 Å². The third-order valence-corrected chi connectivity index (χ3v) is 9.74. The molecule has 9 aromatic rings. The quantitative estimate of drug-likeness (QED) is 0.138. The van der Waals surface area contributed by atoms with E-state index in [0.717, 1.165) is 50.8 Å². The summed E-state index contributed by atoms with van der Waals surface area (Å²) in [5.41, 5.74) is 8.98. The van der Waals surface area contributed by atoms with Crippen molar-refractivity contribution >= 4 is 85.1 Å². The maximum Gasteiger partial charge on any atom is 0.0636 e. The predicted octanol–water partition coefficient (Wildman–Crippen LogP) is 13.9. The van der Waals surface area contributed by atoms with Gasteiger partial charge in [0.1, 0.15) is 0 Å². The smallest absolute Gasteiger partial charge is 0.0636 e. The highest BCUT2D eigenvalue weighted by molar-refractivity contribution is 5.91. The molecule has 0 aliphatic carbocycles. The molecule has 0 saturated heterocycles. The van der Waals surface area contributed by atoms with Crippen LogP contribution in [0.1, 0.15) is 16.7 Å². The molecule has 0 spiro atoms. The van der Waals surface area contributed by atoms with E-state index in [2.05, 4.69) is 205 Å². The average Bonchev–Trinajstić information content (AvgIpc) is 3.25. The molecule has 0 amide bonds. The molecule has 0 heterocycles. The summed E-state index contributed by atoms with van der Waals surface area (Å²) in [4.78, 5) is 16.6. The lowest BCUT2D eigenvalue weighted by Crippen LogP contribution is -2.10. The standard InChI is InChI=1S/C51H36N4/c1-4-10-43-31-46(22-19-40(43)7-1)52-34-37-13-25-49(26-14-37)55(50-27-15-38(16-28-50)35-53-47-23-20-41-8-2-5-11-44(41)32-47)51-29-17-39(18-30-51)36-54-48-24-21-42-9-3-6-12-45(42)33-48/h1-36H. The highest BCUT2D eigenvalue weighted by atomic mass is 15.1. The second-order valence-corrected chi connectivity index (χ2v) is 13.5. The van der Waals surface area contributed by atoms with Crippen LogP contribution in [-0.4, -0.2) is 18.6 Å². The molecule has 0 bridgehead atoms. The molecule has 0 fully saturated rings. The molecule has 55 heavy (non-hydrogen) atoms. The molecule has 0 aliphatic rings. The van der Waals surface area contributed by atoms with Gasteiger partial charge in [0.15, 0.2) is 0 Å². The molecule has 0 aromatic heterocycles. The molecular weight excluding hydrogens is 669 g/mol. The maximum atomic E-state index is 4.78. The van der Waals surface area contributed by atoms with Crippen LogP contribution in [0, 0.1) is 0 Å². The highest BCUT2D eigenvalue weighted by Gasteiger charge is 2.13. The van der Waals surface area contributed by atoms with Crippen molar-refractivity contribution in [3.05, 3.63) is 217 Å². The summed E-state index contributed by atoms with van der Waals surface area (Å²) in [6, 6.07) is 69.5. The number of fused-ring (bicyclic) bond motifs is 3. The van der Waals surface area contributed by atoms with Gasteiger partial charge >= 0.3 is 0 Å². The van der Waals surface area contributed by atoms with E-state index < -0.39 is 0 Å². The topological polar surface area (TPSA) is 40.3 Å². The second kappa shape index (κ2) is 15.3. The van der Waals surface area contributed by atoms with Gasteiger partial charge in [0, 0.05) is 35.7 Å². The van der Waals surface area contributed by atoms with Crippen LogP contribution in [0.3, 0.4) is 0 Å². The molecule has 0 aliphatic heterocycles. The number of nitrogens with zero attached hydrogens (tertiary/aromatic N) is 4. The molecule has 260 valence electrons. The van der Waals surface area contributed by atoms with Crippen molar-refractivity contribution in [3.63, 3.8) is 0 Å². The van der Waals surface area contributed by atoms with Crippen molar-refractivity contribution in [1.82, 2.24) is 0 Å². The lowest BCUT2D eigenvalue weighted by Gasteiger charge is -2.25. The zero-order chi connectivity index (χ0) is 36.8. The van der Waals surface area contributed by atoms with E-state index >= 15 is 0 Å². The van der Waals surface area contributed by atoms with Crippen LogP contribution in [0.2, 0.25) is 0 Å². The SMILES string of the molecule is C(=Nc1ccc2ccccc2c1)c1ccc(N(c2ccc(C=Nc3ccc4ccccc4c3)cc2)c2ccc(C=Nc3ccc4ccccc4c3)cc2)cc1. The molecule has 0 radical (unpaired) electrons. The number of anilines is 3. The van der Waals surface area contributed by atoms with Crippen LogP contribution >= 0.6 is 0 Å². The fourth-order valence-electron chi connectivity index (χ4n) is 6.79. The minimum Gasteiger partial charge on any atom is -0.311 e. The van der Waals surface area contributed by atoms with Crippen molar-refractivity contribution < 1.29 is 0 Å². The molecule has 4 nitrogen and oxygen atoms in total. The van der Waals surface area contributed by atoms with Gasteiger partial charge < -0.3 is 4.90 Å². The monoisotopic (exact) mass is 704 g/mol. The van der Waals surface area contributed by atoms with E-state index in [-0.39, 0.29) is 0 Å². The van der Waals surface area contributed by atoms with Gasteiger partial charge in [0.2, 0.25) is 0 Å². The van der Waals surface area contributed by atoms with Crippen LogP contribution in [0.4, 0.5) is 34.1 Å². The van der Waals surface area contributed by atoms with Crippen LogP contribution < -0.4 is 4.90 Å². The molecule has 9 rings (SSSR count). The summed E-state index contributed by atoms with van der Waals surface area (Å²) in [6.45, 7) is 0. The molecule has 4 heteroatoms. The Kier molecular flexibility index (Phi) is 9.28. The Morgan fingerprint density at radius 2 is 0.545 bits per heavy atom. The van der Waals surface area contributed by atoms with E-state index in [1.165, 1.54) is 32.3 Å². The summed E-state index contributed by atoms with van der Waals surface area (Å²) in [5.74, 6) is 0. The van der Waals surface area contributed by atoms with Crippen LogP contribution in [0.15, 0.2) is 215 Å². The molecule has 0 N–H and O–H groups in total. The van der Waals surface area contributed by atoms with Crippen molar-refractivity contribution in [1.29, 1.82) is 0 Å². The van der Waals surface area contributed by atoms with E-state index in [4.69, 9.17) is 15.0 Å². The number of hydrogen-bond acceptors (Lipinski definition) is 4. The Morgan fingerprint density at radius 1 is 0.273 bits per heavy atom. The van der Waals surface area contributed by atoms with E-state index in [9.17, 15) is 0 Å². The molecule has 0 atom stereocenters. The van der Waals surface area contributed by atoms with Gasteiger partial charge in [-0.3, -0.25) is 15.0 Å². The first kappa shape index (κ1) is 33.4. The van der Waals surface area contributed by atoms with Gasteiger partial charge in [-0.1, -0.05) is 127 Å². The van der Waals surface area contributed by atoms with Crippen molar-refractivity contribution in [2.24, 2.45) is 15.0 Å². The van der Waals surface area contributed by atoms with E-state index in [0.29, 0.717) is 0 Å². The Balaban J connectivity index is 0.987. The Hall–Kier alpha value is -7.43. The van der Waals surface area contributed by atoms with Gasteiger partial charge in [0.05, 0.1) is 17.1 Å². The van der Waals surface area contributed by atoms with Crippen LogP contribution in [0.25, 0.3) is 32.3 Å². The fraction of sp³-hybridized carbons (Fsp3) is 0. The largest absolute Gasteiger partial charge is 0.311 e. The Bertz CT molecular complexity index is 2540. The van der Waals surface area contributed by atoms with E-state index in [1.54, 1.807) is 0 Å². The third-order valence-electron chi connectivity index (χ3n) is 9.74. The first-order chi connectivity index (χ1) is 27.2. The number of benzene rings is 9. The normalized spacial score (nSPS) is 11.8. The lowest BCUT2D eigenvalue weighted by atomic mass is 10.1. The highest BCUT2D eigenvalue weighted by Crippen LogP contribution is 2.35. The lowest BCUT2D eigenvalue weighted by molar-refractivity contribution is 1.28. The number of hydrogen-bond donors (Lipinski definition) is 0. The Labute approximate surface area is 320 Å². The summed E-state index contributed by atoms with van der Waals surface area (Å²) >= 11 is 0. The Morgan fingerprint density at radius 3 is 0.836 bits per heavy atom. The second-order valence-electron chi connectivity index (χ2n) is 13.5. The third kappa shape index (κ3) is 7.71. The summed E-state index contributed by atoms with van der Waals surface area (Å²) in [5, 5.41) is 7.17. The van der Waals surface area contributed by atoms with Crippen LogP contribution in [-0.2, 0) is 0 Å². The van der Waals surface area contributed by atoms with Crippen molar-refractivity contribution in [2.45, 2.75) is 0 Å². The zero-order valence-corrected chi connectivity index (χ0v) is 30.1. The predicted molar refractivity (Wildman–Crippen MR) is 235 cm³/mol. The van der Waals surface area contributed by atoms with Gasteiger partial charge in [-0.2, -0.15) is 0 Å². The van der Waals surface area contributed by atoms with Gasteiger partial charge in [0.25, 0.3) is 0 Å². The summed E-state index contributed by atoms with van der Waals surface area (Å²) in [6.07, 6.45) is 5.77. The van der Waals surface area contributed by atoms with Crippen LogP contribution in [0.5, 0.6) is 0 Å². The maximum absolute atomic E-state index is 4.78. The number of aliphatic imine (C=N–C) groups is 3. The number of rotatable bonds is 9. The molecule has 0 unspecified atom stereocenters. The minimum atomic E-state index is 0.929. The summed E-state index contributed by atoms with van der Waals surface area (Å²) in [7, 11) is 0. The average molecular weight is 705 g/mol. The molecule has 0 saturated carbocycles. The van der Waals surface area contributed by atoms with Gasteiger partial charge in [-0.25, -0.2) is 0 Å². The van der Waals surface area contributed by atoms with Gasteiger partial charge in [-0.15, -0.1) is 0 Å².